The molecule has 1 saturated heterocycles. The van der Waals surface area contributed by atoms with Crippen LogP contribution in [0.25, 0.3) is 0 Å². The third-order valence-corrected chi connectivity index (χ3v) is 5.02. The topological polar surface area (TPSA) is 33.5 Å². The highest BCUT2D eigenvalue weighted by Crippen LogP contribution is 2.15. The Kier molecular flexibility index (Phi) is 5.65. The lowest BCUT2D eigenvalue weighted by Gasteiger charge is -2.29. The van der Waals surface area contributed by atoms with Crippen molar-refractivity contribution in [3.63, 3.8) is 0 Å². The minimum atomic E-state index is 0.0772. The molecular weight excluding hydrogens is 296 g/mol. The van der Waals surface area contributed by atoms with Crippen LogP contribution in [0, 0.1) is 5.92 Å². The first-order chi connectivity index (χ1) is 11.7. The van der Waals surface area contributed by atoms with Crippen LogP contribution in [-0.4, -0.2) is 19.0 Å². The summed E-state index contributed by atoms with van der Waals surface area (Å²) in [6.07, 6.45) is 1.96. The van der Waals surface area contributed by atoms with Gasteiger partial charge in [0.25, 0.3) is 0 Å². The molecule has 0 unspecified atom stereocenters. The molecule has 2 N–H and O–H groups in total. The third-order valence-electron chi connectivity index (χ3n) is 5.02. The Morgan fingerprint density at radius 3 is 2.25 bits per heavy atom. The Balaban J connectivity index is 1.47. The largest absolute Gasteiger partial charge is 0.349 e. The van der Waals surface area contributed by atoms with Crippen molar-refractivity contribution in [1.82, 2.24) is 5.32 Å². The molecule has 0 aliphatic carbocycles. The molecule has 1 aliphatic rings. The fraction of sp³-hybridized carbons (Fsp3) is 0.381. The van der Waals surface area contributed by atoms with E-state index in [1.807, 2.05) is 18.2 Å². The molecule has 1 amide bonds. The van der Waals surface area contributed by atoms with Gasteiger partial charge >= 0.3 is 0 Å². The maximum Gasteiger partial charge on any atom is 0.224 e. The number of benzene rings is 2. The number of rotatable bonds is 5. The number of hydrogen-bond donors (Lipinski definition) is 2. The molecule has 0 saturated carbocycles. The first-order valence-electron chi connectivity index (χ1n) is 8.95. The van der Waals surface area contributed by atoms with Crippen molar-refractivity contribution in [2.75, 3.05) is 13.1 Å². The van der Waals surface area contributed by atoms with E-state index in [-0.39, 0.29) is 17.9 Å². The van der Waals surface area contributed by atoms with Crippen molar-refractivity contribution in [1.29, 1.82) is 0 Å². The Bertz CT molecular complexity index is 633. The van der Waals surface area contributed by atoms with Crippen LogP contribution in [0.5, 0.6) is 0 Å². The van der Waals surface area contributed by atoms with E-state index in [1.54, 1.807) is 4.90 Å². The second-order valence-electron chi connectivity index (χ2n) is 6.83. The fourth-order valence-electron chi connectivity index (χ4n) is 3.51. The molecule has 24 heavy (non-hydrogen) atoms. The molecule has 3 heteroatoms. The van der Waals surface area contributed by atoms with Gasteiger partial charge in [-0.2, -0.15) is 0 Å². The van der Waals surface area contributed by atoms with Crippen LogP contribution < -0.4 is 10.2 Å². The number of nitrogens with one attached hydrogen (secondary N) is 2. The predicted octanol–water partition coefficient (Wildman–Crippen LogP) is 2.36. The van der Waals surface area contributed by atoms with Crippen molar-refractivity contribution in [2.24, 2.45) is 5.92 Å². The number of hydrogen-bond acceptors (Lipinski definition) is 1. The number of carbonyl (C=O) groups is 1. The maximum atomic E-state index is 12.5. The van der Waals surface area contributed by atoms with E-state index in [4.69, 9.17) is 0 Å². The Labute approximate surface area is 144 Å². The van der Waals surface area contributed by atoms with Gasteiger partial charge in [0, 0.05) is 24.3 Å². The average molecular weight is 323 g/mol. The smallest absolute Gasteiger partial charge is 0.224 e. The van der Waals surface area contributed by atoms with Crippen LogP contribution in [0.2, 0.25) is 0 Å². The summed E-state index contributed by atoms with van der Waals surface area (Å²) in [6, 6.07) is 20.9. The molecule has 0 radical (unpaired) electrons. The van der Waals surface area contributed by atoms with Gasteiger partial charge in [0.05, 0.1) is 19.1 Å². The van der Waals surface area contributed by atoms with Crippen LogP contribution in [0.1, 0.15) is 36.9 Å². The zero-order chi connectivity index (χ0) is 16.8. The van der Waals surface area contributed by atoms with Crippen LogP contribution >= 0.6 is 0 Å². The summed E-state index contributed by atoms with van der Waals surface area (Å²) in [5.41, 5.74) is 2.55. The van der Waals surface area contributed by atoms with E-state index in [9.17, 15) is 4.79 Å². The highest BCUT2D eigenvalue weighted by molar-refractivity contribution is 5.79. The summed E-state index contributed by atoms with van der Waals surface area (Å²) in [6.45, 7) is 5.28. The number of quaternary nitrogens is 1. The molecule has 1 heterocycles. The minimum absolute atomic E-state index is 0.0772. The molecular formula is C21H27N2O+. The van der Waals surface area contributed by atoms with E-state index < -0.39 is 0 Å². The van der Waals surface area contributed by atoms with Gasteiger partial charge < -0.3 is 10.2 Å². The molecule has 0 aromatic heterocycles. The fourth-order valence-corrected chi connectivity index (χ4v) is 3.51. The monoisotopic (exact) mass is 323 g/mol. The van der Waals surface area contributed by atoms with Gasteiger partial charge in [0.2, 0.25) is 5.91 Å². The van der Waals surface area contributed by atoms with Gasteiger partial charge in [-0.15, -0.1) is 0 Å². The summed E-state index contributed by atoms with van der Waals surface area (Å²) in [4.78, 5) is 14.1. The van der Waals surface area contributed by atoms with Gasteiger partial charge in [0.1, 0.15) is 6.54 Å². The molecule has 3 rings (SSSR count). The van der Waals surface area contributed by atoms with E-state index >= 15 is 0 Å². The van der Waals surface area contributed by atoms with E-state index in [0.29, 0.717) is 0 Å². The minimum Gasteiger partial charge on any atom is -0.349 e. The second kappa shape index (κ2) is 8.11. The molecule has 2 aromatic rings. The molecule has 1 fully saturated rings. The SMILES string of the molecule is C[C@@H](NC(=O)C1CC[NH+](Cc2ccccc2)CC1)c1ccccc1. The summed E-state index contributed by atoms with van der Waals surface area (Å²) < 4.78 is 0. The lowest BCUT2D eigenvalue weighted by atomic mass is 9.95. The highest BCUT2D eigenvalue weighted by atomic mass is 16.1. The molecule has 1 atom stereocenters. The van der Waals surface area contributed by atoms with Gasteiger partial charge in [0.15, 0.2) is 0 Å². The molecule has 3 nitrogen and oxygen atoms in total. The van der Waals surface area contributed by atoms with Crippen molar-refractivity contribution in [3.8, 4) is 0 Å². The molecule has 126 valence electrons. The molecule has 0 spiro atoms. The van der Waals surface area contributed by atoms with Crippen LogP contribution in [0.4, 0.5) is 0 Å². The van der Waals surface area contributed by atoms with Gasteiger partial charge in [-0.25, -0.2) is 0 Å². The second-order valence-corrected chi connectivity index (χ2v) is 6.83. The zero-order valence-electron chi connectivity index (χ0n) is 14.4. The first-order valence-corrected chi connectivity index (χ1v) is 8.95. The Hall–Kier alpha value is -2.13. The molecule has 0 bridgehead atoms. The van der Waals surface area contributed by atoms with Gasteiger partial charge in [-0.05, 0) is 12.5 Å². The van der Waals surface area contributed by atoms with Crippen molar-refractivity contribution >= 4 is 5.91 Å². The lowest BCUT2D eigenvalue weighted by Crippen LogP contribution is -3.11. The van der Waals surface area contributed by atoms with Crippen molar-refractivity contribution < 1.29 is 9.69 Å². The van der Waals surface area contributed by atoms with Crippen LogP contribution in [0.3, 0.4) is 0 Å². The highest BCUT2D eigenvalue weighted by Gasteiger charge is 2.28. The van der Waals surface area contributed by atoms with E-state index in [2.05, 4.69) is 54.7 Å². The molecule has 1 aliphatic heterocycles. The third kappa shape index (κ3) is 4.45. The number of amides is 1. The van der Waals surface area contributed by atoms with Crippen LogP contribution in [-0.2, 0) is 11.3 Å². The lowest BCUT2D eigenvalue weighted by molar-refractivity contribution is -0.919. The standard InChI is InChI=1S/C21H26N2O/c1-17(19-10-6-3-7-11-19)22-21(24)20-12-14-23(15-13-20)16-18-8-4-2-5-9-18/h2-11,17,20H,12-16H2,1H3,(H,22,24)/p+1/t17-/m1/s1. The normalized spacial score (nSPS) is 21.9. The van der Waals surface area contributed by atoms with Gasteiger partial charge in [-0.3, -0.25) is 4.79 Å². The summed E-state index contributed by atoms with van der Waals surface area (Å²) in [5.74, 6) is 0.376. The number of carbonyl (C=O) groups excluding carboxylic acids is 1. The first kappa shape index (κ1) is 16.7. The zero-order valence-corrected chi connectivity index (χ0v) is 14.4. The number of likely N-dealkylation sites (tertiary alicyclic amines) is 1. The molecule has 2 aromatic carbocycles. The van der Waals surface area contributed by atoms with Crippen molar-refractivity contribution in [3.05, 3.63) is 71.8 Å². The summed E-state index contributed by atoms with van der Waals surface area (Å²) in [5, 5.41) is 3.18. The Morgan fingerprint density at radius 2 is 1.62 bits per heavy atom. The number of piperidine rings is 1. The summed E-state index contributed by atoms with van der Waals surface area (Å²) in [7, 11) is 0. The predicted molar refractivity (Wildman–Crippen MR) is 96.6 cm³/mol. The average Bonchev–Trinajstić information content (AvgIpc) is 2.64. The van der Waals surface area contributed by atoms with E-state index in [0.717, 1.165) is 38.0 Å². The van der Waals surface area contributed by atoms with Crippen LogP contribution in [0.15, 0.2) is 60.7 Å². The van der Waals surface area contributed by atoms with E-state index in [1.165, 1.54) is 5.56 Å². The maximum absolute atomic E-state index is 12.5. The van der Waals surface area contributed by atoms with Crippen molar-refractivity contribution in [2.45, 2.75) is 32.4 Å². The quantitative estimate of drug-likeness (QED) is 0.870. The Morgan fingerprint density at radius 1 is 1.04 bits per heavy atom. The van der Waals surface area contributed by atoms with Gasteiger partial charge in [-0.1, -0.05) is 60.7 Å². The summed E-state index contributed by atoms with van der Waals surface area (Å²) >= 11 is 0.